The summed E-state index contributed by atoms with van der Waals surface area (Å²) >= 11 is 0.562. The Morgan fingerprint density at radius 1 is 1.24 bits per heavy atom. The van der Waals surface area contributed by atoms with Gasteiger partial charge >= 0.3 is 6.18 Å². The smallest absolute Gasteiger partial charge is 0.424 e. The van der Waals surface area contributed by atoms with Crippen LogP contribution >= 0.6 is 11.3 Å². The molecular weight excluding hydrogens is 418 g/mol. The number of carbonyl (C=O) groups is 2. The summed E-state index contributed by atoms with van der Waals surface area (Å²) in [6.07, 6.45) is -7.72. The van der Waals surface area contributed by atoms with Crippen molar-refractivity contribution in [3.63, 3.8) is 0 Å². The summed E-state index contributed by atoms with van der Waals surface area (Å²) in [4.78, 5) is 27.5. The number of hydrogen-bond acceptors (Lipinski definition) is 6. The molecule has 1 aromatic heterocycles. The molecule has 2 atom stereocenters. The molecule has 2 amide bonds. The van der Waals surface area contributed by atoms with Gasteiger partial charge in [-0.05, 0) is 38.1 Å². The van der Waals surface area contributed by atoms with Crippen molar-refractivity contribution in [2.24, 2.45) is 0 Å². The predicted molar refractivity (Wildman–Crippen MR) is 94.2 cm³/mol. The van der Waals surface area contributed by atoms with E-state index >= 15 is 0 Å². The number of alkyl halides is 3. The van der Waals surface area contributed by atoms with Crippen molar-refractivity contribution >= 4 is 23.2 Å². The number of hydrazine groups is 1. The van der Waals surface area contributed by atoms with E-state index in [-0.39, 0.29) is 11.4 Å². The second-order valence-electron chi connectivity index (χ2n) is 6.08. The zero-order valence-electron chi connectivity index (χ0n) is 15.2. The largest absolute Gasteiger partial charge is 0.481 e. The van der Waals surface area contributed by atoms with Crippen LogP contribution in [0.2, 0.25) is 0 Å². The predicted octanol–water partition coefficient (Wildman–Crippen LogP) is 2.35. The SMILES string of the molecule is Cc1csc(C(O)(CC(=O)NNC(=O)C(C)Oc2ccc(F)cc2)C(F)(F)F)n1. The number of aromatic nitrogens is 1. The number of aliphatic hydroxyl groups is 1. The van der Waals surface area contributed by atoms with E-state index in [4.69, 9.17) is 4.74 Å². The molecule has 29 heavy (non-hydrogen) atoms. The zero-order valence-corrected chi connectivity index (χ0v) is 16.0. The molecule has 0 aliphatic heterocycles. The lowest BCUT2D eigenvalue weighted by molar-refractivity contribution is -0.267. The molecule has 2 aromatic rings. The van der Waals surface area contributed by atoms with Crippen molar-refractivity contribution in [1.82, 2.24) is 15.8 Å². The molecule has 0 radical (unpaired) electrons. The van der Waals surface area contributed by atoms with Crippen LogP contribution in [-0.4, -0.2) is 34.2 Å². The Bertz CT molecular complexity index is 872. The van der Waals surface area contributed by atoms with Crippen molar-refractivity contribution < 1.29 is 37.0 Å². The first-order valence-corrected chi connectivity index (χ1v) is 9.03. The summed E-state index contributed by atoms with van der Waals surface area (Å²) in [5, 5.41) is 10.7. The first kappa shape index (κ1) is 22.6. The minimum atomic E-state index is -5.17. The molecule has 158 valence electrons. The van der Waals surface area contributed by atoms with E-state index in [2.05, 4.69) is 4.98 Å². The molecule has 0 bridgehead atoms. The van der Waals surface area contributed by atoms with Gasteiger partial charge in [-0.2, -0.15) is 13.2 Å². The highest BCUT2D eigenvalue weighted by Gasteiger charge is 2.58. The summed E-state index contributed by atoms with van der Waals surface area (Å²) in [6.45, 7) is 2.76. The number of aryl methyl sites for hydroxylation is 1. The normalized spacial score (nSPS) is 14.6. The summed E-state index contributed by atoms with van der Waals surface area (Å²) in [5.74, 6) is -2.50. The number of ether oxygens (including phenoxy) is 1. The molecule has 0 saturated carbocycles. The Hall–Kier alpha value is -2.73. The quantitative estimate of drug-likeness (QED) is 0.478. The summed E-state index contributed by atoms with van der Waals surface area (Å²) in [7, 11) is 0. The summed E-state index contributed by atoms with van der Waals surface area (Å²) in [6, 6.07) is 4.77. The second-order valence-corrected chi connectivity index (χ2v) is 6.94. The van der Waals surface area contributed by atoms with Gasteiger partial charge in [0.1, 0.15) is 16.6 Å². The lowest BCUT2D eigenvalue weighted by Gasteiger charge is -2.28. The minimum absolute atomic E-state index is 0.172. The third-order valence-corrected chi connectivity index (χ3v) is 4.79. The van der Waals surface area contributed by atoms with Crippen LogP contribution in [0.4, 0.5) is 17.6 Å². The lowest BCUT2D eigenvalue weighted by atomic mass is 9.99. The lowest BCUT2D eigenvalue weighted by Crippen LogP contribution is -2.51. The number of rotatable bonds is 6. The molecule has 0 spiro atoms. The highest BCUT2D eigenvalue weighted by Crippen LogP contribution is 2.42. The van der Waals surface area contributed by atoms with E-state index in [0.29, 0.717) is 11.3 Å². The number of amides is 2. The number of halogens is 4. The van der Waals surface area contributed by atoms with Crippen LogP contribution in [0.3, 0.4) is 0 Å². The van der Waals surface area contributed by atoms with Gasteiger partial charge in [-0.3, -0.25) is 20.4 Å². The van der Waals surface area contributed by atoms with Crippen LogP contribution in [0.15, 0.2) is 29.6 Å². The molecule has 0 saturated heterocycles. The fourth-order valence-electron chi connectivity index (χ4n) is 2.12. The minimum Gasteiger partial charge on any atom is -0.481 e. The van der Waals surface area contributed by atoms with Crippen LogP contribution in [-0.2, 0) is 15.2 Å². The van der Waals surface area contributed by atoms with Crippen LogP contribution < -0.4 is 15.6 Å². The first-order chi connectivity index (χ1) is 13.4. The Labute approximate surface area is 166 Å². The Balaban J connectivity index is 1.96. The molecule has 1 heterocycles. The highest BCUT2D eigenvalue weighted by atomic mass is 32.1. The van der Waals surface area contributed by atoms with Gasteiger partial charge < -0.3 is 9.84 Å². The van der Waals surface area contributed by atoms with Crippen molar-refractivity contribution in [3.8, 4) is 5.75 Å². The highest BCUT2D eigenvalue weighted by molar-refractivity contribution is 7.09. The van der Waals surface area contributed by atoms with E-state index in [9.17, 15) is 32.3 Å². The zero-order chi connectivity index (χ0) is 21.8. The molecule has 3 N–H and O–H groups in total. The van der Waals surface area contributed by atoms with E-state index in [0.717, 1.165) is 12.1 Å². The fourth-order valence-corrected chi connectivity index (χ4v) is 3.04. The molecule has 0 aliphatic rings. The number of benzene rings is 1. The van der Waals surface area contributed by atoms with Gasteiger partial charge in [0.05, 0.1) is 6.42 Å². The Kier molecular flexibility index (Phi) is 6.80. The molecule has 12 heteroatoms. The molecule has 0 fully saturated rings. The van der Waals surface area contributed by atoms with E-state index in [1.807, 2.05) is 5.43 Å². The van der Waals surface area contributed by atoms with Gasteiger partial charge in [-0.25, -0.2) is 9.37 Å². The van der Waals surface area contributed by atoms with E-state index in [1.54, 1.807) is 5.43 Å². The molecule has 0 aliphatic carbocycles. The second kappa shape index (κ2) is 8.74. The maximum atomic E-state index is 13.4. The average molecular weight is 435 g/mol. The van der Waals surface area contributed by atoms with Crippen LogP contribution in [0, 0.1) is 12.7 Å². The van der Waals surface area contributed by atoms with Gasteiger partial charge in [-0.15, -0.1) is 11.3 Å². The fraction of sp³-hybridized carbons (Fsp3) is 0.353. The molecular formula is C17H17F4N3O4S. The van der Waals surface area contributed by atoms with Gasteiger partial charge in [0.2, 0.25) is 11.5 Å². The summed E-state index contributed by atoms with van der Waals surface area (Å²) in [5.41, 5.74) is 0.467. The molecule has 2 unspecified atom stereocenters. The monoisotopic (exact) mass is 435 g/mol. The van der Waals surface area contributed by atoms with Crippen LogP contribution in [0.1, 0.15) is 24.0 Å². The number of nitrogens with one attached hydrogen (secondary N) is 2. The van der Waals surface area contributed by atoms with Crippen molar-refractivity contribution in [2.75, 3.05) is 0 Å². The number of thiazole rings is 1. The van der Waals surface area contributed by atoms with E-state index in [1.165, 1.54) is 31.4 Å². The standard InChI is InChI=1S/C17H17F4N3O4S/c1-9-8-29-15(22-9)16(27,17(19,20)21)7-13(25)23-24-14(26)10(2)28-12-5-3-11(18)4-6-12/h3-6,8,10,27H,7H2,1-2H3,(H,23,25)(H,24,26). The summed E-state index contributed by atoms with van der Waals surface area (Å²) < 4.78 is 58.2. The van der Waals surface area contributed by atoms with Gasteiger partial charge in [-0.1, -0.05) is 0 Å². The van der Waals surface area contributed by atoms with Gasteiger partial charge in [0.25, 0.3) is 5.91 Å². The third-order valence-electron chi connectivity index (χ3n) is 3.68. The van der Waals surface area contributed by atoms with Crippen molar-refractivity contribution in [2.45, 2.75) is 38.1 Å². The van der Waals surface area contributed by atoms with Crippen LogP contribution in [0.5, 0.6) is 5.75 Å². The Morgan fingerprint density at radius 3 is 2.38 bits per heavy atom. The topological polar surface area (TPSA) is 101 Å². The van der Waals surface area contributed by atoms with Gasteiger partial charge in [0, 0.05) is 11.1 Å². The van der Waals surface area contributed by atoms with E-state index < -0.39 is 46.9 Å². The molecule has 7 nitrogen and oxygen atoms in total. The maximum Gasteiger partial charge on any atom is 0.424 e. The number of carbonyl (C=O) groups excluding carboxylic acids is 2. The van der Waals surface area contributed by atoms with Crippen molar-refractivity contribution in [3.05, 3.63) is 46.2 Å². The molecule has 2 rings (SSSR count). The molecule has 1 aromatic carbocycles. The van der Waals surface area contributed by atoms with Gasteiger partial charge in [0.15, 0.2) is 6.10 Å². The Morgan fingerprint density at radius 2 is 1.86 bits per heavy atom. The first-order valence-electron chi connectivity index (χ1n) is 8.15. The number of nitrogens with zero attached hydrogens (tertiary/aromatic N) is 1. The maximum absolute atomic E-state index is 13.4. The van der Waals surface area contributed by atoms with Crippen molar-refractivity contribution in [1.29, 1.82) is 0 Å². The third kappa shape index (κ3) is 5.64. The number of hydrogen-bond donors (Lipinski definition) is 3. The average Bonchev–Trinajstić information content (AvgIpc) is 3.07. The van der Waals surface area contributed by atoms with Crippen LogP contribution in [0.25, 0.3) is 0 Å².